The van der Waals surface area contributed by atoms with Gasteiger partial charge in [0.1, 0.15) is 5.75 Å². The Balaban J connectivity index is 1.92. The van der Waals surface area contributed by atoms with Crippen LogP contribution in [0.25, 0.3) is 17.1 Å². The van der Waals surface area contributed by atoms with Crippen LogP contribution >= 0.6 is 11.8 Å². The number of carbonyl (C=O) groups excluding carboxylic acids is 1. The van der Waals surface area contributed by atoms with Gasteiger partial charge in [-0.2, -0.15) is 0 Å². The van der Waals surface area contributed by atoms with Gasteiger partial charge in [-0.3, -0.25) is 9.36 Å². The van der Waals surface area contributed by atoms with Gasteiger partial charge in [-0.1, -0.05) is 30.0 Å². The summed E-state index contributed by atoms with van der Waals surface area (Å²) in [4.78, 5) is 13.7. The van der Waals surface area contributed by atoms with Crippen molar-refractivity contribution in [3.63, 3.8) is 0 Å². The van der Waals surface area contributed by atoms with E-state index in [1.165, 1.54) is 16.7 Å². The van der Waals surface area contributed by atoms with Crippen LogP contribution < -0.4 is 4.74 Å². The summed E-state index contributed by atoms with van der Waals surface area (Å²) in [5.41, 5.74) is 1.81. The lowest BCUT2D eigenvalue weighted by Crippen LogP contribution is -2.30. The molecule has 0 unspecified atom stereocenters. The van der Waals surface area contributed by atoms with E-state index in [-0.39, 0.29) is 18.3 Å². The van der Waals surface area contributed by atoms with Crippen molar-refractivity contribution in [1.82, 2.24) is 19.7 Å². The smallest absolute Gasteiger partial charge is 0.232 e. The fourth-order valence-electron chi connectivity index (χ4n) is 2.61. The van der Waals surface area contributed by atoms with Gasteiger partial charge in [0.2, 0.25) is 5.91 Å². The molecule has 2 aromatic carbocycles. The third-order valence-corrected chi connectivity index (χ3v) is 5.10. The summed E-state index contributed by atoms with van der Waals surface area (Å²) in [5.74, 6) is 1.59. The van der Waals surface area contributed by atoms with Gasteiger partial charge in [-0.25, -0.2) is 0 Å². The van der Waals surface area contributed by atoms with Gasteiger partial charge in [0.15, 0.2) is 11.0 Å². The zero-order chi connectivity index (χ0) is 19.9. The Morgan fingerprint density at radius 3 is 2.50 bits per heavy atom. The van der Waals surface area contributed by atoms with E-state index in [2.05, 4.69) is 10.2 Å². The number of ether oxygens (including phenoxy) is 1. The summed E-state index contributed by atoms with van der Waals surface area (Å²) >= 11 is 1.32. The summed E-state index contributed by atoms with van der Waals surface area (Å²) in [6.07, 6.45) is 0. The Kier molecular flexibility index (Phi) is 6.67. The van der Waals surface area contributed by atoms with Crippen LogP contribution in [0.2, 0.25) is 0 Å². The van der Waals surface area contributed by atoms with E-state index in [9.17, 15) is 4.79 Å². The number of aliphatic hydroxyl groups is 1. The number of aromatic nitrogens is 3. The molecular formula is C20H22N4O3S. The first-order valence-corrected chi connectivity index (χ1v) is 9.75. The summed E-state index contributed by atoms with van der Waals surface area (Å²) in [6, 6.07) is 17.4. The first-order chi connectivity index (χ1) is 13.6. The van der Waals surface area contributed by atoms with Crippen molar-refractivity contribution in [2.24, 2.45) is 0 Å². The summed E-state index contributed by atoms with van der Waals surface area (Å²) < 4.78 is 7.16. The van der Waals surface area contributed by atoms with E-state index in [0.717, 1.165) is 17.0 Å². The van der Waals surface area contributed by atoms with Crippen molar-refractivity contribution in [3.05, 3.63) is 54.6 Å². The molecule has 8 heteroatoms. The number of hydrogen-bond donors (Lipinski definition) is 1. The van der Waals surface area contributed by atoms with Crippen molar-refractivity contribution in [2.75, 3.05) is 33.1 Å². The second-order valence-electron chi connectivity index (χ2n) is 6.03. The largest absolute Gasteiger partial charge is 0.497 e. The monoisotopic (exact) mass is 398 g/mol. The quantitative estimate of drug-likeness (QED) is 0.587. The maximum atomic E-state index is 12.2. The maximum Gasteiger partial charge on any atom is 0.232 e. The van der Waals surface area contributed by atoms with E-state index in [0.29, 0.717) is 17.5 Å². The third kappa shape index (κ3) is 4.52. The van der Waals surface area contributed by atoms with Crippen LogP contribution in [-0.4, -0.2) is 63.7 Å². The minimum absolute atomic E-state index is 0.0608. The molecular weight excluding hydrogens is 376 g/mol. The second kappa shape index (κ2) is 9.38. The number of hydrogen-bond acceptors (Lipinski definition) is 6. The van der Waals surface area contributed by atoms with Crippen molar-refractivity contribution in [2.45, 2.75) is 5.16 Å². The number of nitrogens with zero attached hydrogens (tertiary/aromatic N) is 4. The van der Waals surface area contributed by atoms with Crippen molar-refractivity contribution < 1.29 is 14.6 Å². The highest BCUT2D eigenvalue weighted by Gasteiger charge is 2.18. The average Bonchev–Trinajstić information content (AvgIpc) is 3.16. The van der Waals surface area contributed by atoms with Crippen molar-refractivity contribution in [3.8, 4) is 22.8 Å². The molecule has 0 atom stereocenters. The minimum atomic E-state index is -0.0762. The van der Waals surface area contributed by atoms with Crippen molar-refractivity contribution >= 4 is 17.7 Å². The predicted octanol–water partition coefficient (Wildman–Crippen LogP) is 2.49. The third-order valence-electron chi connectivity index (χ3n) is 4.18. The number of rotatable bonds is 8. The van der Waals surface area contributed by atoms with E-state index < -0.39 is 0 Å². The molecule has 1 heterocycles. The Bertz CT molecular complexity index is 913. The van der Waals surface area contributed by atoms with Gasteiger partial charge < -0.3 is 14.7 Å². The second-order valence-corrected chi connectivity index (χ2v) is 6.98. The molecule has 0 bridgehead atoms. The summed E-state index contributed by atoms with van der Waals surface area (Å²) in [5, 5.41) is 18.3. The van der Waals surface area contributed by atoms with E-state index in [1.807, 2.05) is 59.2 Å². The maximum absolute atomic E-state index is 12.2. The van der Waals surface area contributed by atoms with Gasteiger partial charge in [0.25, 0.3) is 0 Å². The SMILES string of the molecule is COc1ccc(-c2nnc(SCC(=O)N(C)CCO)n2-c2ccccc2)cc1. The number of likely N-dealkylation sites (N-methyl/N-ethyl adjacent to an activating group) is 1. The first kappa shape index (κ1) is 19.9. The average molecular weight is 398 g/mol. The molecule has 28 heavy (non-hydrogen) atoms. The summed E-state index contributed by atoms with van der Waals surface area (Å²) in [7, 11) is 3.30. The Morgan fingerprint density at radius 1 is 1.14 bits per heavy atom. The Labute approximate surface area is 168 Å². The van der Waals surface area contributed by atoms with Gasteiger partial charge in [-0.15, -0.1) is 10.2 Å². The number of amides is 1. The van der Waals surface area contributed by atoms with E-state index in [4.69, 9.17) is 9.84 Å². The van der Waals surface area contributed by atoms with E-state index in [1.54, 1.807) is 14.2 Å². The van der Waals surface area contributed by atoms with E-state index >= 15 is 0 Å². The van der Waals surface area contributed by atoms with Crippen molar-refractivity contribution in [1.29, 1.82) is 0 Å². The number of benzene rings is 2. The molecule has 0 aliphatic rings. The number of para-hydroxylation sites is 1. The Morgan fingerprint density at radius 2 is 1.86 bits per heavy atom. The number of aliphatic hydroxyl groups excluding tert-OH is 1. The minimum Gasteiger partial charge on any atom is -0.497 e. The number of carbonyl (C=O) groups is 1. The van der Waals surface area contributed by atoms with Crippen LogP contribution in [0.15, 0.2) is 59.8 Å². The molecule has 0 aliphatic heterocycles. The van der Waals surface area contributed by atoms with Crippen LogP contribution in [-0.2, 0) is 4.79 Å². The lowest BCUT2D eigenvalue weighted by molar-refractivity contribution is -0.127. The summed E-state index contributed by atoms with van der Waals surface area (Å²) in [6.45, 7) is 0.247. The molecule has 0 fully saturated rings. The fraction of sp³-hybridized carbons (Fsp3) is 0.250. The molecule has 1 aromatic heterocycles. The molecule has 0 spiro atoms. The molecule has 0 saturated carbocycles. The molecule has 1 N–H and O–H groups in total. The molecule has 3 rings (SSSR count). The molecule has 146 valence electrons. The highest BCUT2D eigenvalue weighted by molar-refractivity contribution is 7.99. The normalized spacial score (nSPS) is 10.7. The molecule has 1 amide bonds. The Hall–Kier alpha value is -2.84. The van der Waals surface area contributed by atoms with Gasteiger partial charge in [-0.05, 0) is 36.4 Å². The van der Waals surface area contributed by atoms with Crippen LogP contribution in [0.1, 0.15) is 0 Å². The number of thioether (sulfide) groups is 1. The molecule has 0 aliphatic carbocycles. The van der Waals surface area contributed by atoms with Crippen LogP contribution in [0.3, 0.4) is 0 Å². The lowest BCUT2D eigenvalue weighted by atomic mass is 10.2. The molecule has 7 nitrogen and oxygen atoms in total. The lowest BCUT2D eigenvalue weighted by Gasteiger charge is -2.15. The van der Waals surface area contributed by atoms with Gasteiger partial charge in [0, 0.05) is 24.8 Å². The van der Waals surface area contributed by atoms with Crippen LogP contribution in [0.4, 0.5) is 0 Å². The van der Waals surface area contributed by atoms with Crippen LogP contribution in [0, 0.1) is 0 Å². The standard InChI is InChI=1S/C20H22N4O3S/c1-23(12-13-25)18(26)14-28-20-22-21-19(15-8-10-17(27-2)11-9-15)24(20)16-6-4-3-5-7-16/h3-11,25H,12-14H2,1-2H3. The highest BCUT2D eigenvalue weighted by atomic mass is 32.2. The highest BCUT2D eigenvalue weighted by Crippen LogP contribution is 2.29. The molecule has 3 aromatic rings. The van der Waals surface area contributed by atoms with Crippen LogP contribution in [0.5, 0.6) is 5.75 Å². The van der Waals surface area contributed by atoms with Gasteiger partial charge >= 0.3 is 0 Å². The fourth-order valence-corrected chi connectivity index (χ4v) is 3.50. The van der Waals surface area contributed by atoms with Gasteiger partial charge in [0.05, 0.1) is 19.5 Å². The zero-order valence-electron chi connectivity index (χ0n) is 15.8. The topological polar surface area (TPSA) is 80.5 Å². The first-order valence-electron chi connectivity index (χ1n) is 8.77. The predicted molar refractivity (Wildman–Crippen MR) is 109 cm³/mol. The zero-order valence-corrected chi connectivity index (χ0v) is 16.6. The number of methoxy groups -OCH3 is 1. The molecule has 0 saturated heterocycles. The molecule has 0 radical (unpaired) electrons.